The van der Waals surface area contributed by atoms with Gasteiger partial charge < -0.3 is 9.52 Å². The van der Waals surface area contributed by atoms with Crippen LogP contribution in [-0.4, -0.2) is 5.11 Å². The van der Waals surface area contributed by atoms with Crippen LogP contribution < -0.4 is 0 Å². The molecule has 0 amide bonds. The van der Waals surface area contributed by atoms with Gasteiger partial charge in [0.2, 0.25) is 0 Å². The van der Waals surface area contributed by atoms with E-state index >= 15 is 0 Å². The Morgan fingerprint density at radius 3 is 3.00 bits per heavy atom. The maximum absolute atomic E-state index is 9.02. The van der Waals surface area contributed by atoms with Gasteiger partial charge in [-0.05, 0) is 19.1 Å². The van der Waals surface area contributed by atoms with Crippen molar-refractivity contribution in [1.82, 2.24) is 0 Å². The van der Waals surface area contributed by atoms with E-state index in [0.717, 1.165) is 5.56 Å². The molecule has 0 unspecified atom stereocenters. The van der Waals surface area contributed by atoms with Crippen molar-refractivity contribution in [2.75, 3.05) is 0 Å². The molecular formula is C7H8O2. The number of rotatable bonds is 1. The summed E-state index contributed by atoms with van der Waals surface area (Å²) in [6.45, 7) is 1.77. The lowest BCUT2D eigenvalue weighted by Crippen LogP contribution is -1.73. The van der Waals surface area contributed by atoms with E-state index in [-0.39, 0.29) is 5.76 Å². The van der Waals surface area contributed by atoms with Crippen LogP contribution in [0, 0.1) is 0 Å². The van der Waals surface area contributed by atoms with Crippen molar-refractivity contribution in [3.05, 3.63) is 30.2 Å². The first-order valence-corrected chi connectivity index (χ1v) is 2.72. The van der Waals surface area contributed by atoms with E-state index in [1.807, 2.05) is 0 Å². The second kappa shape index (κ2) is 2.40. The molecule has 0 aliphatic rings. The molecule has 1 heterocycles. The highest BCUT2D eigenvalue weighted by Gasteiger charge is 1.95. The van der Waals surface area contributed by atoms with Gasteiger partial charge in [-0.3, -0.25) is 0 Å². The van der Waals surface area contributed by atoms with Crippen LogP contribution in [0.2, 0.25) is 0 Å². The predicted molar refractivity (Wildman–Crippen MR) is 35.0 cm³/mol. The monoisotopic (exact) mass is 124 g/mol. The number of aliphatic hydroxyl groups is 1. The molecule has 0 aliphatic carbocycles. The first-order valence-electron chi connectivity index (χ1n) is 2.72. The molecule has 0 spiro atoms. The lowest BCUT2D eigenvalue weighted by molar-refractivity contribution is 0.506. The Bertz CT molecular complexity index is 197. The van der Waals surface area contributed by atoms with Gasteiger partial charge >= 0.3 is 0 Å². The van der Waals surface area contributed by atoms with Crippen LogP contribution in [0.5, 0.6) is 0 Å². The van der Waals surface area contributed by atoms with E-state index < -0.39 is 0 Å². The standard InChI is InChI=1S/C7H8O2/c1-2-7(8)6-3-4-9-5-6/h2-5,8H,1H3. The summed E-state index contributed by atoms with van der Waals surface area (Å²) >= 11 is 0. The molecule has 0 fully saturated rings. The Kier molecular flexibility index (Phi) is 1.58. The summed E-state index contributed by atoms with van der Waals surface area (Å²) in [4.78, 5) is 0. The summed E-state index contributed by atoms with van der Waals surface area (Å²) in [7, 11) is 0. The average molecular weight is 124 g/mol. The van der Waals surface area contributed by atoms with Crippen LogP contribution >= 0.6 is 0 Å². The van der Waals surface area contributed by atoms with Crippen LogP contribution in [0.1, 0.15) is 12.5 Å². The number of aliphatic hydroxyl groups excluding tert-OH is 1. The molecule has 2 nitrogen and oxygen atoms in total. The summed E-state index contributed by atoms with van der Waals surface area (Å²) in [5.41, 5.74) is 0.720. The number of hydrogen-bond acceptors (Lipinski definition) is 2. The minimum Gasteiger partial charge on any atom is -0.508 e. The first-order chi connectivity index (χ1) is 4.34. The number of furan rings is 1. The van der Waals surface area contributed by atoms with E-state index in [9.17, 15) is 0 Å². The maximum atomic E-state index is 9.02. The van der Waals surface area contributed by atoms with Crippen LogP contribution in [0.3, 0.4) is 0 Å². The highest BCUT2D eigenvalue weighted by molar-refractivity contribution is 5.56. The SMILES string of the molecule is CC=C(O)c1ccoc1. The second-order valence-electron chi connectivity index (χ2n) is 1.69. The van der Waals surface area contributed by atoms with Crippen molar-refractivity contribution in [3.8, 4) is 0 Å². The van der Waals surface area contributed by atoms with Gasteiger partial charge in [0.05, 0.1) is 11.8 Å². The van der Waals surface area contributed by atoms with Gasteiger partial charge in [0.1, 0.15) is 12.0 Å². The Balaban J connectivity index is 2.90. The topological polar surface area (TPSA) is 33.4 Å². The average Bonchev–Trinajstić information content (AvgIpc) is 2.37. The molecule has 48 valence electrons. The minimum atomic E-state index is 0.253. The van der Waals surface area contributed by atoms with Gasteiger partial charge in [0.25, 0.3) is 0 Å². The molecule has 1 aromatic heterocycles. The van der Waals surface area contributed by atoms with Gasteiger partial charge in [-0.15, -0.1) is 0 Å². The van der Waals surface area contributed by atoms with Crippen molar-refractivity contribution in [1.29, 1.82) is 0 Å². The van der Waals surface area contributed by atoms with Gasteiger partial charge in [-0.25, -0.2) is 0 Å². The lowest BCUT2D eigenvalue weighted by Gasteiger charge is -1.88. The zero-order chi connectivity index (χ0) is 6.69. The Labute approximate surface area is 53.4 Å². The third kappa shape index (κ3) is 1.13. The molecule has 0 saturated heterocycles. The lowest BCUT2D eigenvalue weighted by atomic mass is 10.3. The normalized spacial score (nSPS) is 11.9. The molecule has 1 rings (SSSR count). The summed E-state index contributed by atoms with van der Waals surface area (Å²) in [6.07, 6.45) is 4.63. The summed E-state index contributed by atoms with van der Waals surface area (Å²) in [5.74, 6) is 0.253. The third-order valence-corrected chi connectivity index (χ3v) is 1.09. The van der Waals surface area contributed by atoms with Crippen molar-refractivity contribution >= 4 is 5.76 Å². The third-order valence-electron chi connectivity index (χ3n) is 1.09. The quantitative estimate of drug-likeness (QED) is 0.582. The van der Waals surface area contributed by atoms with Gasteiger partial charge in [-0.2, -0.15) is 0 Å². The molecule has 9 heavy (non-hydrogen) atoms. The van der Waals surface area contributed by atoms with E-state index in [4.69, 9.17) is 9.52 Å². The Morgan fingerprint density at radius 1 is 1.78 bits per heavy atom. The van der Waals surface area contributed by atoms with Gasteiger partial charge in [-0.1, -0.05) is 0 Å². The van der Waals surface area contributed by atoms with Crippen LogP contribution in [-0.2, 0) is 0 Å². The molecule has 1 N–H and O–H groups in total. The Morgan fingerprint density at radius 2 is 2.56 bits per heavy atom. The number of hydrogen-bond donors (Lipinski definition) is 1. The predicted octanol–water partition coefficient (Wildman–Crippen LogP) is 2.20. The fourth-order valence-corrected chi connectivity index (χ4v) is 0.577. The van der Waals surface area contributed by atoms with E-state index in [1.165, 1.54) is 12.5 Å². The summed E-state index contributed by atoms with van der Waals surface area (Å²) < 4.78 is 4.74. The Hall–Kier alpha value is -1.18. The minimum absolute atomic E-state index is 0.253. The van der Waals surface area contributed by atoms with Crippen LogP contribution in [0.4, 0.5) is 0 Å². The largest absolute Gasteiger partial charge is 0.508 e. The fourth-order valence-electron chi connectivity index (χ4n) is 0.577. The molecule has 0 saturated carbocycles. The van der Waals surface area contributed by atoms with E-state index in [2.05, 4.69) is 0 Å². The molecular weight excluding hydrogens is 116 g/mol. The number of allylic oxidation sites excluding steroid dienone is 1. The molecule has 0 bridgehead atoms. The zero-order valence-corrected chi connectivity index (χ0v) is 5.16. The summed E-state index contributed by atoms with van der Waals surface area (Å²) in [6, 6.07) is 1.70. The van der Waals surface area contributed by atoms with Gasteiger partial charge in [0.15, 0.2) is 0 Å². The zero-order valence-electron chi connectivity index (χ0n) is 5.16. The van der Waals surface area contributed by atoms with Gasteiger partial charge in [0, 0.05) is 0 Å². The molecule has 2 heteroatoms. The van der Waals surface area contributed by atoms with Crippen LogP contribution in [0.15, 0.2) is 29.1 Å². The van der Waals surface area contributed by atoms with Crippen LogP contribution in [0.25, 0.3) is 5.76 Å². The molecule has 0 atom stereocenters. The first kappa shape index (κ1) is 5.95. The van der Waals surface area contributed by atoms with E-state index in [1.54, 1.807) is 19.1 Å². The fraction of sp³-hybridized carbons (Fsp3) is 0.143. The summed E-state index contributed by atoms with van der Waals surface area (Å²) in [5, 5.41) is 9.02. The van der Waals surface area contributed by atoms with Crippen molar-refractivity contribution in [3.63, 3.8) is 0 Å². The maximum Gasteiger partial charge on any atom is 0.121 e. The highest BCUT2D eigenvalue weighted by Crippen LogP contribution is 2.09. The smallest absolute Gasteiger partial charge is 0.121 e. The molecule has 1 aromatic rings. The van der Waals surface area contributed by atoms with Crippen molar-refractivity contribution in [2.45, 2.75) is 6.92 Å². The highest BCUT2D eigenvalue weighted by atomic mass is 16.3. The van der Waals surface area contributed by atoms with Crippen molar-refractivity contribution < 1.29 is 9.52 Å². The molecule has 0 aromatic carbocycles. The second-order valence-corrected chi connectivity index (χ2v) is 1.69. The molecule has 0 aliphatic heterocycles. The van der Waals surface area contributed by atoms with E-state index in [0.29, 0.717) is 0 Å². The molecule has 0 radical (unpaired) electrons. The van der Waals surface area contributed by atoms with Crippen molar-refractivity contribution in [2.24, 2.45) is 0 Å².